The molecule has 16 heavy (non-hydrogen) atoms. The molecule has 0 saturated carbocycles. The summed E-state index contributed by atoms with van der Waals surface area (Å²) in [4.78, 5) is 0. The van der Waals surface area contributed by atoms with E-state index in [2.05, 4.69) is 0 Å². The van der Waals surface area contributed by atoms with Crippen LogP contribution in [-0.4, -0.2) is 18.1 Å². The minimum absolute atomic E-state index is 0.350. The third kappa shape index (κ3) is 4.24. The number of rotatable bonds is 0. The van der Waals surface area contributed by atoms with Gasteiger partial charge in [-0.05, 0) is 11.5 Å². The van der Waals surface area contributed by atoms with E-state index < -0.39 is 10.5 Å². The van der Waals surface area contributed by atoms with Crippen molar-refractivity contribution in [2.24, 2.45) is 0 Å². The van der Waals surface area contributed by atoms with Crippen LogP contribution in [0.3, 0.4) is 0 Å². The normalized spacial score (nSPS) is 10.6. The number of halogens is 1. The molecule has 0 aliphatic heterocycles. The highest BCUT2D eigenvalue weighted by Gasteiger charge is 1.94. The van der Waals surface area contributed by atoms with Gasteiger partial charge in [-0.1, -0.05) is 40.3 Å². The van der Waals surface area contributed by atoms with Crippen molar-refractivity contribution in [1.82, 2.24) is 0 Å². The molecule has 86 valence electrons. The lowest BCUT2D eigenvalue weighted by molar-refractivity contribution is 0.435. The number of phenolic OH excluding ortho intramolecular Hbond substituents is 1. The van der Waals surface area contributed by atoms with Crippen molar-refractivity contribution in [2.45, 2.75) is 0 Å². The van der Waals surface area contributed by atoms with Gasteiger partial charge in [-0.2, -0.15) is 8.42 Å². The van der Waals surface area contributed by atoms with Crippen LogP contribution in [-0.2, 0) is 10.5 Å². The number of fused-ring (bicyclic) bond motifs is 1. The van der Waals surface area contributed by atoms with Crippen LogP contribution in [0.1, 0.15) is 0 Å². The molecule has 2 N–H and O–H groups in total. The Kier molecular flexibility index (Phi) is 3.81. The van der Waals surface area contributed by atoms with Crippen molar-refractivity contribution in [3.8, 4) is 5.75 Å². The predicted octanol–water partition coefficient (Wildman–Crippen LogP) is 2.30. The molecule has 0 aliphatic rings. The summed E-state index contributed by atoms with van der Waals surface area (Å²) < 4.78 is 34.1. The zero-order valence-electron chi connectivity index (χ0n) is 8.04. The van der Waals surface area contributed by atoms with E-state index in [1.165, 1.54) is 0 Å². The minimum atomic E-state index is -5.17. The number of phenols is 1. The number of benzene rings is 2. The summed E-state index contributed by atoms with van der Waals surface area (Å²) in [5, 5.41) is 11.4. The molecule has 2 rings (SSSR count). The maximum Gasteiger partial charge on any atom is 0.435 e. The Labute approximate surface area is 92.0 Å². The summed E-state index contributed by atoms with van der Waals surface area (Å²) in [6, 6.07) is 13.3. The molecule has 0 saturated heterocycles. The third-order valence-electron chi connectivity index (χ3n) is 1.77. The Bertz CT molecular complexity index is 567. The number of hydrogen-bond donors (Lipinski definition) is 2. The number of aromatic hydroxyl groups is 1. The average molecular weight is 244 g/mol. The Morgan fingerprint density at radius 1 is 1.00 bits per heavy atom. The Hall–Kier alpha value is -1.66. The summed E-state index contributed by atoms with van der Waals surface area (Å²) in [7, 11) is -5.17. The van der Waals surface area contributed by atoms with Crippen LogP contribution < -0.4 is 0 Å². The monoisotopic (exact) mass is 244 g/mol. The van der Waals surface area contributed by atoms with Crippen LogP contribution in [0.25, 0.3) is 10.8 Å². The first-order chi connectivity index (χ1) is 7.38. The second-order valence-corrected chi connectivity index (χ2v) is 3.73. The molecule has 0 radical (unpaired) electrons. The first-order valence-electron chi connectivity index (χ1n) is 4.22. The zero-order chi connectivity index (χ0) is 12.2. The average Bonchev–Trinajstić information content (AvgIpc) is 2.16. The molecule has 6 heteroatoms. The molecule has 0 aliphatic carbocycles. The smallest absolute Gasteiger partial charge is 0.435 e. The van der Waals surface area contributed by atoms with Crippen LogP contribution in [0.4, 0.5) is 3.89 Å². The van der Waals surface area contributed by atoms with E-state index in [4.69, 9.17) is 13.0 Å². The molecular weight excluding hydrogens is 235 g/mol. The molecule has 2 aromatic rings. The number of hydrogen-bond acceptors (Lipinski definition) is 3. The van der Waals surface area contributed by atoms with Crippen LogP contribution >= 0.6 is 0 Å². The van der Waals surface area contributed by atoms with E-state index in [1.54, 1.807) is 6.07 Å². The molecule has 0 atom stereocenters. The molecule has 0 amide bonds. The SMILES string of the molecule is O=S(=O)(O)F.Oc1cccc2ccccc12. The van der Waals surface area contributed by atoms with Gasteiger partial charge < -0.3 is 5.11 Å². The highest BCUT2D eigenvalue weighted by Crippen LogP contribution is 2.22. The van der Waals surface area contributed by atoms with Crippen LogP contribution in [0.15, 0.2) is 42.5 Å². The Balaban J connectivity index is 0.000000221. The summed E-state index contributed by atoms with van der Waals surface area (Å²) in [6.45, 7) is 0. The maximum atomic E-state index is 10.2. The van der Waals surface area contributed by atoms with Crippen molar-refractivity contribution in [3.05, 3.63) is 42.5 Å². The fraction of sp³-hybridized carbons (Fsp3) is 0. The van der Waals surface area contributed by atoms with Gasteiger partial charge in [0.15, 0.2) is 0 Å². The van der Waals surface area contributed by atoms with Gasteiger partial charge in [0.05, 0.1) is 0 Å². The Morgan fingerprint density at radius 2 is 1.50 bits per heavy atom. The molecule has 0 spiro atoms. The zero-order valence-corrected chi connectivity index (χ0v) is 8.86. The molecule has 4 nitrogen and oxygen atoms in total. The van der Waals surface area contributed by atoms with Gasteiger partial charge in [-0.25, -0.2) is 0 Å². The van der Waals surface area contributed by atoms with Gasteiger partial charge >= 0.3 is 10.5 Å². The summed E-state index contributed by atoms with van der Waals surface area (Å²) in [5.74, 6) is 0.350. The quantitative estimate of drug-likeness (QED) is 0.550. The Morgan fingerprint density at radius 3 is 2.06 bits per heavy atom. The van der Waals surface area contributed by atoms with E-state index in [9.17, 15) is 8.99 Å². The molecule has 0 bridgehead atoms. The third-order valence-corrected chi connectivity index (χ3v) is 1.77. The first kappa shape index (κ1) is 12.4. The van der Waals surface area contributed by atoms with E-state index in [0.717, 1.165) is 10.8 Å². The summed E-state index contributed by atoms with van der Waals surface area (Å²) in [5.41, 5.74) is 0. The largest absolute Gasteiger partial charge is 0.507 e. The van der Waals surface area contributed by atoms with Gasteiger partial charge in [0.1, 0.15) is 5.75 Å². The second kappa shape index (κ2) is 4.91. The fourth-order valence-electron chi connectivity index (χ4n) is 1.21. The predicted molar refractivity (Wildman–Crippen MR) is 58.3 cm³/mol. The van der Waals surface area contributed by atoms with Crippen molar-refractivity contribution >= 4 is 21.3 Å². The summed E-state index contributed by atoms with van der Waals surface area (Å²) >= 11 is 0. The topological polar surface area (TPSA) is 74.6 Å². The van der Waals surface area contributed by atoms with E-state index in [1.807, 2.05) is 36.4 Å². The van der Waals surface area contributed by atoms with Crippen molar-refractivity contribution in [2.75, 3.05) is 0 Å². The van der Waals surface area contributed by atoms with E-state index in [0.29, 0.717) is 5.75 Å². The summed E-state index contributed by atoms with van der Waals surface area (Å²) in [6.07, 6.45) is 0. The molecule has 2 aromatic carbocycles. The lowest BCUT2D eigenvalue weighted by Gasteiger charge is -1.97. The van der Waals surface area contributed by atoms with E-state index >= 15 is 0 Å². The van der Waals surface area contributed by atoms with Crippen molar-refractivity contribution < 1.29 is 22.0 Å². The molecule has 0 heterocycles. The van der Waals surface area contributed by atoms with Crippen molar-refractivity contribution in [1.29, 1.82) is 0 Å². The van der Waals surface area contributed by atoms with Gasteiger partial charge in [0.2, 0.25) is 0 Å². The van der Waals surface area contributed by atoms with Crippen LogP contribution in [0.5, 0.6) is 5.75 Å². The van der Waals surface area contributed by atoms with Gasteiger partial charge in [-0.15, -0.1) is 0 Å². The van der Waals surface area contributed by atoms with Gasteiger partial charge in [0, 0.05) is 5.39 Å². The highest BCUT2D eigenvalue weighted by molar-refractivity contribution is 7.80. The molecule has 0 aromatic heterocycles. The molecule has 0 unspecified atom stereocenters. The van der Waals surface area contributed by atoms with Crippen molar-refractivity contribution in [3.63, 3.8) is 0 Å². The highest BCUT2D eigenvalue weighted by atomic mass is 32.3. The van der Waals surface area contributed by atoms with E-state index in [-0.39, 0.29) is 0 Å². The first-order valence-corrected chi connectivity index (χ1v) is 5.56. The standard InChI is InChI=1S/C10H8O.FHO3S/c11-10-7-3-5-8-4-1-2-6-9(8)10;1-5(2,3)4/h1-7,11H;(H,2,3,4). The van der Waals surface area contributed by atoms with Gasteiger partial charge in [0.25, 0.3) is 0 Å². The fourth-order valence-corrected chi connectivity index (χ4v) is 1.21. The maximum absolute atomic E-state index is 10.2. The van der Waals surface area contributed by atoms with Gasteiger partial charge in [-0.3, -0.25) is 4.55 Å². The lowest BCUT2D eigenvalue weighted by Crippen LogP contribution is -1.80. The lowest BCUT2D eigenvalue weighted by atomic mass is 10.1. The molecule has 0 fully saturated rings. The second-order valence-electron chi connectivity index (χ2n) is 2.91. The van der Waals surface area contributed by atoms with Crippen LogP contribution in [0, 0.1) is 0 Å². The molecular formula is C10H9FO4S. The minimum Gasteiger partial charge on any atom is -0.507 e. The van der Waals surface area contributed by atoms with Crippen LogP contribution in [0.2, 0.25) is 0 Å².